The Morgan fingerprint density at radius 3 is 2.41 bits per heavy atom. The van der Waals surface area contributed by atoms with Gasteiger partial charge < -0.3 is 29.2 Å². The Hall–Kier alpha value is -2.14. The van der Waals surface area contributed by atoms with Gasteiger partial charge in [0.15, 0.2) is 0 Å². The summed E-state index contributed by atoms with van der Waals surface area (Å²) < 4.78 is 25.5. The molecule has 0 radical (unpaired) electrons. The highest BCUT2D eigenvalue weighted by atomic mass is 16.7. The van der Waals surface area contributed by atoms with Crippen LogP contribution >= 0.6 is 0 Å². The van der Waals surface area contributed by atoms with Crippen molar-refractivity contribution in [2.24, 2.45) is 35.0 Å². The number of carboxylic acids is 1. The molecule has 39 heavy (non-hydrogen) atoms. The van der Waals surface area contributed by atoms with Crippen molar-refractivity contribution in [1.82, 2.24) is 0 Å². The summed E-state index contributed by atoms with van der Waals surface area (Å²) in [4.78, 5) is 53.0. The molecule has 1 saturated carbocycles. The van der Waals surface area contributed by atoms with Crippen molar-refractivity contribution in [3.63, 3.8) is 0 Å². The zero-order valence-corrected chi connectivity index (χ0v) is 22.9. The van der Waals surface area contributed by atoms with E-state index in [4.69, 9.17) is 18.9 Å². The minimum absolute atomic E-state index is 0.0109. The molecule has 5 heterocycles. The predicted octanol–water partition coefficient (Wildman–Crippen LogP) is 1.95. The second-order valence-electron chi connectivity index (χ2n) is 13.7. The second-order valence-corrected chi connectivity index (χ2v) is 13.7. The first-order valence-corrected chi connectivity index (χ1v) is 14.1. The highest BCUT2D eigenvalue weighted by Crippen LogP contribution is 2.69. The average molecular weight is 545 g/mol. The molecular weight excluding hydrogens is 508 g/mol. The van der Waals surface area contributed by atoms with E-state index >= 15 is 0 Å². The van der Waals surface area contributed by atoms with E-state index in [0.29, 0.717) is 12.8 Å². The van der Waals surface area contributed by atoms with E-state index < -0.39 is 88.3 Å². The Kier molecular flexibility index (Phi) is 5.01. The maximum absolute atomic E-state index is 14.7. The Morgan fingerprint density at radius 2 is 1.72 bits per heavy atom. The van der Waals surface area contributed by atoms with Crippen LogP contribution in [0.5, 0.6) is 0 Å². The highest BCUT2D eigenvalue weighted by molar-refractivity contribution is 5.97. The van der Waals surface area contributed by atoms with Crippen LogP contribution in [0.15, 0.2) is 11.1 Å². The molecule has 7 aliphatic rings. The molecule has 5 aliphatic heterocycles. The normalized spacial score (nSPS) is 53.0. The van der Waals surface area contributed by atoms with Crippen molar-refractivity contribution < 1.29 is 48.3 Å². The molecule has 7 rings (SSSR count). The second kappa shape index (κ2) is 7.57. The van der Waals surface area contributed by atoms with E-state index in [1.807, 2.05) is 27.7 Å². The molecule has 0 amide bonds. The van der Waals surface area contributed by atoms with Crippen LogP contribution in [0.2, 0.25) is 0 Å². The Morgan fingerprint density at radius 1 is 1.00 bits per heavy atom. The van der Waals surface area contributed by atoms with Crippen molar-refractivity contribution in [3.8, 4) is 0 Å². The number of hydrogen-bond acceptors (Lipinski definition) is 9. The zero-order valence-electron chi connectivity index (χ0n) is 22.9. The highest BCUT2D eigenvalue weighted by Gasteiger charge is 2.81. The smallest absolute Gasteiger partial charge is 0.311 e. The number of aliphatic carboxylic acids is 1. The summed E-state index contributed by atoms with van der Waals surface area (Å²) >= 11 is 0. The molecule has 12 atom stereocenters. The van der Waals surface area contributed by atoms with E-state index in [1.54, 1.807) is 6.92 Å². The number of fused-ring (bicyclic) bond motifs is 2. The summed E-state index contributed by atoms with van der Waals surface area (Å²) in [7, 11) is 0. The molecule has 0 aromatic carbocycles. The van der Waals surface area contributed by atoms with Crippen LogP contribution in [0.3, 0.4) is 0 Å². The fraction of sp³-hybridized carbons (Fsp3) is 0.793. The molecule has 2 aliphatic carbocycles. The molecule has 0 aromatic heterocycles. The van der Waals surface area contributed by atoms with Gasteiger partial charge in [0.2, 0.25) is 11.6 Å². The summed E-state index contributed by atoms with van der Waals surface area (Å²) in [5.74, 6) is -6.73. The minimum atomic E-state index is -1.80. The van der Waals surface area contributed by atoms with E-state index in [0.717, 1.165) is 11.1 Å². The quantitative estimate of drug-likeness (QED) is 0.391. The first kappa shape index (κ1) is 25.8. The first-order chi connectivity index (χ1) is 18.2. The summed E-state index contributed by atoms with van der Waals surface area (Å²) in [6.45, 7) is 9.12. The average Bonchev–Trinajstić information content (AvgIpc) is 3.34. The van der Waals surface area contributed by atoms with Crippen molar-refractivity contribution in [2.45, 2.75) is 108 Å². The number of ketones is 2. The Bertz CT molecular complexity index is 1250. The molecule has 212 valence electrons. The SMILES string of the molecule is CC1C(=O)OC2C1OC13OC4(CCC5(C)C(=O)C(C)C2C51)CC1=C(CC(O)C4C3=O)C(C)(C)OC1CC(=O)O. The van der Waals surface area contributed by atoms with E-state index in [2.05, 4.69) is 0 Å². The van der Waals surface area contributed by atoms with Crippen molar-refractivity contribution >= 4 is 23.5 Å². The monoisotopic (exact) mass is 544 g/mol. The van der Waals surface area contributed by atoms with Gasteiger partial charge in [0.1, 0.15) is 18.0 Å². The van der Waals surface area contributed by atoms with Crippen LogP contribution < -0.4 is 0 Å². The van der Waals surface area contributed by atoms with Crippen molar-refractivity contribution in [2.75, 3.05) is 0 Å². The topological polar surface area (TPSA) is 146 Å². The fourth-order valence-electron chi connectivity index (χ4n) is 9.71. The fourth-order valence-corrected chi connectivity index (χ4v) is 9.71. The van der Waals surface area contributed by atoms with Gasteiger partial charge in [0.25, 0.3) is 0 Å². The summed E-state index contributed by atoms with van der Waals surface area (Å²) in [6.07, 6.45) is -2.36. The molecule has 2 spiro atoms. The molecule has 10 heteroatoms. The van der Waals surface area contributed by atoms with Gasteiger partial charge in [-0.15, -0.1) is 0 Å². The van der Waals surface area contributed by atoms with Crippen LogP contribution in [0.4, 0.5) is 0 Å². The number of hydrogen-bond donors (Lipinski definition) is 2. The number of carbonyl (C=O) groups excluding carboxylic acids is 3. The number of carbonyl (C=O) groups is 4. The van der Waals surface area contributed by atoms with Crippen LogP contribution in [0, 0.1) is 35.0 Å². The number of aliphatic hydroxyl groups excluding tert-OH is 1. The molecule has 0 aromatic rings. The number of rotatable bonds is 2. The number of carboxylic acid groups (broad SMARTS) is 1. The van der Waals surface area contributed by atoms with Crippen LogP contribution in [-0.2, 0) is 38.1 Å². The largest absolute Gasteiger partial charge is 0.481 e. The molecule has 10 nitrogen and oxygen atoms in total. The maximum atomic E-state index is 14.7. The van der Waals surface area contributed by atoms with Crippen LogP contribution in [0.1, 0.15) is 66.7 Å². The van der Waals surface area contributed by atoms with Crippen molar-refractivity contribution in [1.29, 1.82) is 0 Å². The Balaban J connectivity index is 1.40. The number of ether oxygens (including phenoxy) is 4. The molecule has 4 saturated heterocycles. The third-order valence-corrected chi connectivity index (χ3v) is 11.4. The van der Waals surface area contributed by atoms with E-state index in [9.17, 15) is 29.4 Å². The van der Waals surface area contributed by atoms with Gasteiger partial charge in [-0.1, -0.05) is 13.8 Å². The molecule has 2 bridgehead atoms. The first-order valence-electron chi connectivity index (χ1n) is 14.1. The maximum Gasteiger partial charge on any atom is 0.311 e. The van der Waals surface area contributed by atoms with E-state index in [1.165, 1.54) is 0 Å². The van der Waals surface area contributed by atoms with Gasteiger partial charge in [-0.05, 0) is 51.2 Å². The lowest BCUT2D eigenvalue weighted by atomic mass is 9.61. The van der Waals surface area contributed by atoms with Gasteiger partial charge in [-0.2, -0.15) is 0 Å². The van der Waals surface area contributed by atoms with Crippen LogP contribution in [-0.4, -0.2) is 75.1 Å². The molecule has 2 N–H and O–H groups in total. The Labute approximate surface area is 226 Å². The minimum Gasteiger partial charge on any atom is -0.481 e. The lowest BCUT2D eigenvalue weighted by Gasteiger charge is -2.50. The van der Waals surface area contributed by atoms with Gasteiger partial charge in [-0.25, -0.2) is 0 Å². The summed E-state index contributed by atoms with van der Waals surface area (Å²) in [5, 5.41) is 21.3. The third kappa shape index (κ3) is 2.96. The number of Topliss-reactive ketones (excluding diaryl/α,β-unsaturated/α-hetero) is 2. The third-order valence-electron chi connectivity index (χ3n) is 11.4. The lowest BCUT2D eigenvalue weighted by molar-refractivity contribution is -0.328. The van der Waals surface area contributed by atoms with Crippen molar-refractivity contribution in [3.05, 3.63) is 11.1 Å². The summed E-state index contributed by atoms with van der Waals surface area (Å²) in [5.41, 5.74) is -1.39. The van der Waals surface area contributed by atoms with Gasteiger partial charge in [0.05, 0.1) is 41.7 Å². The van der Waals surface area contributed by atoms with Gasteiger partial charge in [0, 0.05) is 29.6 Å². The van der Waals surface area contributed by atoms with Gasteiger partial charge in [-0.3, -0.25) is 19.2 Å². The van der Waals surface area contributed by atoms with Gasteiger partial charge >= 0.3 is 11.9 Å². The number of esters is 1. The van der Waals surface area contributed by atoms with Crippen LogP contribution in [0.25, 0.3) is 0 Å². The number of aliphatic hydroxyl groups is 1. The standard InChI is InChI=1S/C29H36O10/c1-11-18-21-20(12(2)25(35)36-21)38-29-22(18)27(5,23(11)33)6-7-28(39-29)10-13-14(8-15(30)19(28)24(29)34)26(3,4)37-16(13)9-17(31)32/h11-12,15-16,18-22,30H,6-10H2,1-5H3,(H,31,32). The lowest BCUT2D eigenvalue weighted by Crippen LogP contribution is -2.63. The summed E-state index contributed by atoms with van der Waals surface area (Å²) in [6, 6.07) is 0. The molecule has 5 fully saturated rings. The molecule has 12 unspecified atom stereocenters. The molecular formula is C29H36O10. The predicted molar refractivity (Wildman–Crippen MR) is 131 cm³/mol. The zero-order chi connectivity index (χ0) is 28.0. The van der Waals surface area contributed by atoms with E-state index in [-0.39, 0.29) is 30.8 Å².